The molecule has 37 heavy (non-hydrogen) atoms. The van der Waals surface area contributed by atoms with Crippen LogP contribution in [0.5, 0.6) is 0 Å². The van der Waals surface area contributed by atoms with E-state index in [0.29, 0.717) is 17.9 Å². The minimum atomic E-state index is -0.260. The molecule has 4 rings (SSSR count). The fraction of sp³-hybridized carbons (Fsp3) is 0.323. The number of aromatic nitrogens is 2. The summed E-state index contributed by atoms with van der Waals surface area (Å²) < 4.78 is 1.78. The van der Waals surface area contributed by atoms with E-state index in [0.717, 1.165) is 27.7 Å². The van der Waals surface area contributed by atoms with Gasteiger partial charge in [-0.25, -0.2) is 4.68 Å². The first-order valence-electron chi connectivity index (χ1n) is 12.8. The second-order valence-electron chi connectivity index (χ2n) is 11.0. The second kappa shape index (κ2) is 10.6. The van der Waals surface area contributed by atoms with Crippen molar-refractivity contribution in [3.63, 3.8) is 0 Å². The number of rotatable bonds is 7. The van der Waals surface area contributed by atoms with E-state index in [1.165, 1.54) is 0 Å². The highest BCUT2D eigenvalue weighted by molar-refractivity contribution is 6.08. The van der Waals surface area contributed by atoms with Gasteiger partial charge in [-0.15, -0.1) is 0 Å². The second-order valence-corrected chi connectivity index (χ2v) is 11.0. The molecule has 0 unspecified atom stereocenters. The minimum absolute atomic E-state index is 0.0516. The summed E-state index contributed by atoms with van der Waals surface area (Å²) in [5.74, 6) is 0.385. The van der Waals surface area contributed by atoms with Gasteiger partial charge in [-0.1, -0.05) is 89.2 Å². The van der Waals surface area contributed by atoms with Gasteiger partial charge in [-0.2, -0.15) is 5.10 Å². The van der Waals surface area contributed by atoms with Gasteiger partial charge in [0.15, 0.2) is 0 Å². The Balaban J connectivity index is 1.64. The molecule has 1 heterocycles. The number of fused-ring (bicyclic) bond motifs is 1. The van der Waals surface area contributed by atoms with E-state index in [2.05, 4.69) is 26.1 Å². The van der Waals surface area contributed by atoms with Gasteiger partial charge < -0.3 is 10.2 Å². The zero-order chi connectivity index (χ0) is 26.7. The first-order valence-corrected chi connectivity index (χ1v) is 12.8. The van der Waals surface area contributed by atoms with Crippen LogP contribution in [-0.2, 0) is 10.2 Å². The summed E-state index contributed by atoms with van der Waals surface area (Å²) in [6.45, 7) is 12.8. The summed E-state index contributed by atoms with van der Waals surface area (Å²) >= 11 is 0. The SMILES string of the molecule is Cc1ccccc1-n1nc(C(C)(C)C)cc1NC(=O)CN(CC(C)C)C(=O)c1cccc2ccccc12. The average Bonchev–Trinajstić information content (AvgIpc) is 3.26. The standard InChI is InChI=1S/C31H36N4O2/c1-21(2)19-34(30(37)25-16-11-14-23-13-8-9-15-24(23)25)20-29(36)32-28-18-27(31(4,5)6)33-35(28)26-17-10-7-12-22(26)3/h7-18,21H,19-20H2,1-6H3,(H,32,36). The van der Waals surface area contributed by atoms with Crippen molar-refractivity contribution in [2.45, 2.75) is 47.0 Å². The molecular weight excluding hydrogens is 460 g/mol. The third-order valence-corrected chi connectivity index (χ3v) is 6.32. The number of amides is 2. The molecule has 0 bridgehead atoms. The van der Waals surface area contributed by atoms with Crippen molar-refractivity contribution in [3.8, 4) is 5.69 Å². The van der Waals surface area contributed by atoms with Gasteiger partial charge in [-0.3, -0.25) is 9.59 Å². The van der Waals surface area contributed by atoms with E-state index in [-0.39, 0.29) is 29.7 Å². The van der Waals surface area contributed by atoms with Crippen LogP contribution in [0.3, 0.4) is 0 Å². The van der Waals surface area contributed by atoms with Gasteiger partial charge in [-0.05, 0) is 41.3 Å². The number of carbonyl (C=O) groups is 2. The molecule has 0 aliphatic rings. The summed E-state index contributed by atoms with van der Waals surface area (Å²) in [4.78, 5) is 28.7. The van der Waals surface area contributed by atoms with Gasteiger partial charge in [0, 0.05) is 23.6 Å². The summed E-state index contributed by atoms with van der Waals surface area (Å²) in [5.41, 5.74) is 3.23. The maximum atomic E-state index is 13.7. The van der Waals surface area contributed by atoms with Crippen LogP contribution < -0.4 is 5.32 Å². The fourth-order valence-electron chi connectivity index (χ4n) is 4.42. The monoisotopic (exact) mass is 496 g/mol. The van der Waals surface area contributed by atoms with Crippen molar-refractivity contribution >= 4 is 28.4 Å². The number of carbonyl (C=O) groups excluding carboxylic acids is 2. The Labute approximate surface area is 219 Å². The molecular formula is C31H36N4O2. The number of para-hydroxylation sites is 1. The summed E-state index contributed by atoms with van der Waals surface area (Å²) in [5, 5.41) is 9.76. The Kier molecular flexibility index (Phi) is 7.48. The minimum Gasteiger partial charge on any atom is -0.329 e. The maximum Gasteiger partial charge on any atom is 0.254 e. The summed E-state index contributed by atoms with van der Waals surface area (Å²) in [6.07, 6.45) is 0. The number of benzene rings is 3. The Hall–Kier alpha value is -3.93. The Bertz CT molecular complexity index is 1420. The van der Waals surface area contributed by atoms with Crippen molar-refractivity contribution in [2.75, 3.05) is 18.4 Å². The number of hydrogen-bond acceptors (Lipinski definition) is 3. The highest BCUT2D eigenvalue weighted by Gasteiger charge is 2.25. The van der Waals surface area contributed by atoms with E-state index >= 15 is 0 Å². The molecule has 6 heteroatoms. The van der Waals surface area contributed by atoms with Crippen molar-refractivity contribution in [1.82, 2.24) is 14.7 Å². The molecule has 192 valence electrons. The Morgan fingerprint density at radius 2 is 1.65 bits per heavy atom. The molecule has 0 saturated heterocycles. The van der Waals surface area contributed by atoms with Crippen LogP contribution in [0.25, 0.3) is 16.5 Å². The summed E-state index contributed by atoms with van der Waals surface area (Å²) in [7, 11) is 0. The van der Waals surface area contributed by atoms with Crippen LogP contribution in [0.15, 0.2) is 72.8 Å². The quantitative estimate of drug-likeness (QED) is 0.323. The first-order chi connectivity index (χ1) is 17.5. The third kappa shape index (κ3) is 5.91. The molecule has 1 N–H and O–H groups in total. The van der Waals surface area contributed by atoms with Crippen LogP contribution in [0.1, 0.15) is 56.2 Å². The first kappa shape index (κ1) is 26.1. The Morgan fingerprint density at radius 3 is 2.35 bits per heavy atom. The lowest BCUT2D eigenvalue weighted by Gasteiger charge is -2.25. The molecule has 0 aliphatic carbocycles. The highest BCUT2D eigenvalue weighted by atomic mass is 16.2. The van der Waals surface area contributed by atoms with Crippen LogP contribution in [0, 0.1) is 12.8 Å². The number of aryl methyl sites for hydroxylation is 1. The van der Waals surface area contributed by atoms with Gasteiger partial charge >= 0.3 is 0 Å². The Morgan fingerprint density at radius 1 is 0.973 bits per heavy atom. The molecule has 2 amide bonds. The topological polar surface area (TPSA) is 67.2 Å². The zero-order valence-electron chi connectivity index (χ0n) is 22.6. The van der Waals surface area contributed by atoms with Crippen LogP contribution >= 0.6 is 0 Å². The predicted octanol–water partition coefficient (Wildman–Crippen LogP) is 6.37. The smallest absolute Gasteiger partial charge is 0.254 e. The van der Waals surface area contributed by atoms with Crippen LogP contribution in [0.2, 0.25) is 0 Å². The largest absolute Gasteiger partial charge is 0.329 e. The maximum absolute atomic E-state index is 13.7. The van der Waals surface area contributed by atoms with E-state index in [9.17, 15) is 9.59 Å². The van der Waals surface area contributed by atoms with Gasteiger partial charge in [0.25, 0.3) is 5.91 Å². The number of nitrogens with one attached hydrogen (secondary N) is 1. The number of hydrogen-bond donors (Lipinski definition) is 1. The molecule has 3 aromatic carbocycles. The lowest BCUT2D eigenvalue weighted by atomic mass is 9.92. The van der Waals surface area contributed by atoms with Crippen molar-refractivity contribution in [1.29, 1.82) is 0 Å². The lowest BCUT2D eigenvalue weighted by Crippen LogP contribution is -2.40. The fourth-order valence-corrected chi connectivity index (χ4v) is 4.42. The molecule has 0 spiro atoms. The van der Waals surface area contributed by atoms with E-state index in [1.54, 1.807) is 9.58 Å². The van der Waals surface area contributed by atoms with Crippen LogP contribution in [0.4, 0.5) is 5.82 Å². The predicted molar refractivity (Wildman–Crippen MR) is 150 cm³/mol. The molecule has 6 nitrogen and oxygen atoms in total. The van der Waals surface area contributed by atoms with Gasteiger partial charge in [0.1, 0.15) is 12.4 Å². The lowest BCUT2D eigenvalue weighted by molar-refractivity contribution is -0.117. The van der Waals surface area contributed by atoms with Gasteiger partial charge in [0.2, 0.25) is 5.91 Å². The van der Waals surface area contributed by atoms with Crippen molar-refractivity contribution in [3.05, 3.63) is 89.6 Å². The van der Waals surface area contributed by atoms with E-state index in [4.69, 9.17) is 5.10 Å². The molecule has 0 radical (unpaired) electrons. The zero-order valence-corrected chi connectivity index (χ0v) is 22.6. The van der Waals surface area contributed by atoms with Crippen LogP contribution in [-0.4, -0.2) is 39.6 Å². The summed E-state index contributed by atoms with van der Waals surface area (Å²) in [6, 6.07) is 23.4. The third-order valence-electron chi connectivity index (χ3n) is 6.32. The van der Waals surface area contributed by atoms with Gasteiger partial charge in [0.05, 0.1) is 11.4 Å². The number of anilines is 1. The molecule has 1 aromatic heterocycles. The molecule has 0 saturated carbocycles. The van der Waals surface area contributed by atoms with Crippen molar-refractivity contribution < 1.29 is 9.59 Å². The molecule has 0 fully saturated rings. The molecule has 4 aromatic rings. The molecule has 0 aliphatic heterocycles. The number of nitrogens with zero attached hydrogens (tertiary/aromatic N) is 3. The van der Waals surface area contributed by atoms with E-state index in [1.807, 2.05) is 93.6 Å². The van der Waals surface area contributed by atoms with Crippen molar-refractivity contribution in [2.24, 2.45) is 5.92 Å². The molecule has 0 atom stereocenters. The van der Waals surface area contributed by atoms with E-state index < -0.39 is 0 Å². The normalized spacial score (nSPS) is 11.6. The highest BCUT2D eigenvalue weighted by Crippen LogP contribution is 2.27. The average molecular weight is 497 g/mol.